The molecule has 5 rings (SSSR count). The molecule has 0 saturated heterocycles. The van der Waals surface area contributed by atoms with E-state index in [0.29, 0.717) is 48.5 Å². The number of fused-ring (bicyclic) bond motifs is 2. The summed E-state index contributed by atoms with van der Waals surface area (Å²) in [5, 5.41) is 14.9. The summed E-state index contributed by atoms with van der Waals surface area (Å²) >= 11 is 7.65. The van der Waals surface area contributed by atoms with Gasteiger partial charge >= 0.3 is 0 Å². The molecule has 1 aromatic carbocycles. The average molecular weight is 459 g/mol. The summed E-state index contributed by atoms with van der Waals surface area (Å²) in [4.78, 5) is 19.9. The zero-order valence-corrected chi connectivity index (χ0v) is 18.0. The van der Waals surface area contributed by atoms with Crippen molar-refractivity contribution in [3.05, 3.63) is 64.6 Å². The largest absolute Gasteiger partial charge is 0.484 e. The molecule has 160 valence electrons. The second-order valence-electron chi connectivity index (χ2n) is 7.22. The Balaban J connectivity index is 1.28. The number of hydrogen-bond donors (Lipinski definition) is 1. The number of rotatable bonds is 5. The minimum Gasteiger partial charge on any atom is -0.484 e. The van der Waals surface area contributed by atoms with Crippen molar-refractivity contribution in [2.24, 2.45) is 0 Å². The number of carbonyl (C=O) groups is 1. The Bertz CT molecular complexity index is 1110. The van der Waals surface area contributed by atoms with Gasteiger partial charge in [-0.25, -0.2) is 9.07 Å². The molecular formula is C21H19ClN4O4S. The Morgan fingerprint density at radius 2 is 2.10 bits per heavy atom. The number of aliphatic hydroxyl groups is 1. The molecule has 10 heteroatoms. The summed E-state index contributed by atoms with van der Waals surface area (Å²) in [6, 6.07) is 8.98. The standard InChI is InChI=1S/C21H19ClN4O4S/c22-17-4-2-1-3-15(17)16(12-27)21(28)25-9-13-10-26(24-18(13)11-25)31-14-7-19-20(23-8-14)30-6-5-29-19/h1-4,7-8,10,16,27H,5-6,9,11-12H2. The zero-order valence-electron chi connectivity index (χ0n) is 16.4. The zero-order chi connectivity index (χ0) is 21.4. The van der Waals surface area contributed by atoms with Crippen LogP contribution in [0.3, 0.4) is 0 Å². The third-order valence-electron chi connectivity index (χ3n) is 5.20. The number of pyridine rings is 1. The van der Waals surface area contributed by atoms with E-state index in [1.165, 1.54) is 11.9 Å². The molecule has 0 fully saturated rings. The summed E-state index contributed by atoms with van der Waals surface area (Å²) < 4.78 is 12.8. The van der Waals surface area contributed by atoms with Crippen LogP contribution in [0, 0.1) is 0 Å². The predicted octanol–water partition coefficient (Wildman–Crippen LogP) is 2.88. The monoisotopic (exact) mass is 458 g/mol. The first-order valence-corrected chi connectivity index (χ1v) is 10.9. The number of benzene rings is 1. The lowest BCUT2D eigenvalue weighted by molar-refractivity contribution is -0.134. The van der Waals surface area contributed by atoms with Crippen LogP contribution in [-0.2, 0) is 17.9 Å². The fourth-order valence-corrected chi connectivity index (χ4v) is 4.75. The molecule has 4 heterocycles. The topological polar surface area (TPSA) is 89.7 Å². The highest BCUT2D eigenvalue weighted by atomic mass is 35.5. The van der Waals surface area contributed by atoms with Crippen LogP contribution < -0.4 is 9.47 Å². The van der Waals surface area contributed by atoms with E-state index in [-0.39, 0.29) is 12.5 Å². The summed E-state index contributed by atoms with van der Waals surface area (Å²) in [6.07, 6.45) is 3.63. The van der Waals surface area contributed by atoms with E-state index in [0.717, 1.165) is 16.2 Å². The molecule has 8 nitrogen and oxygen atoms in total. The highest BCUT2D eigenvalue weighted by molar-refractivity contribution is 7.97. The van der Waals surface area contributed by atoms with Gasteiger partial charge in [-0.3, -0.25) is 4.79 Å². The van der Waals surface area contributed by atoms with Crippen LogP contribution >= 0.6 is 23.5 Å². The summed E-state index contributed by atoms with van der Waals surface area (Å²) in [5.41, 5.74) is 2.44. The van der Waals surface area contributed by atoms with E-state index in [1.807, 2.05) is 18.3 Å². The van der Waals surface area contributed by atoms with Gasteiger partial charge in [-0.1, -0.05) is 29.8 Å². The van der Waals surface area contributed by atoms with Gasteiger partial charge in [0.15, 0.2) is 5.75 Å². The maximum atomic E-state index is 13.0. The molecule has 3 aromatic rings. The van der Waals surface area contributed by atoms with E-state index >= 15 is 0 Å². The fourth-order valence-electron chi connectivity index (χ4n) is 3.69. The SMILES string of the molecule is O=C(C(CO)c1ccccc1Cl)N1Cc2cn(Sc3cnc4c(c3)OCCO4)nc2C1. The highest BCUT2D eigenvalue weighted by Crippen LogP contribution is 2.34. The molecule has 1 N–H and O–H groups in total. The Morgan fingerprint density at radius 1 is 1.26 bits per heavy atom. The van der Waals surface area contributed by atoms with Gasteiger partial charge < -0.3 is 19.5 Å². The van der Waals surface area contributed by atoms with Gasteiger partial charge in [0, 0.05) is 47.5 Å². The quantitative estimate of drug-likeness (QED) is 0.628. The maximum absolute atomic E-state index is 13.0. The first-order chi connectivity index (χ1) is 15.1. The van der Waals surface area contributed by atoms with Crippen LogP contribution in [0.15, 0.2) is 47.6 Å². The number of ether oxygens (including phenoxy) is 2. The van der Waals surface area contributed by atoms with Gasteiger partial charge in [0.05, 0.1) is 29.7 Å². The molecule has 0 radical (unpaired) electrons. The lowest BCUT2D eigenvalue weighted by Gasteiger charge is -2.22. The maximum Gasteiger partial charge on any atom is 0.257 e. The Hall–Kier alpha value is -2.75. The predicted molar refractivity (Wildman–Crippen MR) is 114 cm³/mol. The number of aromatic nitrogens is 3. The number of amides is 1. The van der Waals surface area contributed by atoms with Gasteiger partial charge in [0.2, 0.25) is 5.91 Å². The molecule has 2 aromatic heterocycles. The van der Waals surface area contributed by atoms with E-state index < -0.39 is 5.92 Å². The molecule has 1 unspecified atom stereocenters. The van der Waals surface area contributed by atoms with Gasteiger partial charge in [-0.2, -0.15) is 5.10 Å². The molecule has 0 aliphatic carbocycles. The first kappa shape index (κ1) is 20.2. The number of nitrogens with zero attached hydrogens (tertiary/aromatic N) is 4. The molecule has 1 atom stereocenters. The molecular weight excluding hydrogens is 440 g/mol. The molecule has 2 aliphatic rings. The third kappa shape index (κ3) is 3.96. The smallest absolute Gasteiger partial charge is 0.257 e. The van der Waals surface area contributed by atoms with E-state index in [1.54, 1.807) is 33.4 Å². The number of hydrogen-bond acceptors (Lipinski definition) is 7. The number of halogens is 1. The summed E-state index contributed by atoms with van der Waals surface area (Å²) in [5.74, 6) is 0.277. The molecule has 0 saturated carbocycles. The lowest BCUT2D eigenvalue weighted by Crippen LogP contribution is -2.33. The highest BCUT2D eigenvalue weighted by Gasteiger charge is 2.32. The van der Waals surface area contributed by atoms with Gasteiger partial charge in [-0.15, -0.1) is 0 Å². The van der Waals surface area contributed by atoms with Gasteiger partial charge in [-0.05, 0) is 11.6 Å². The van der Waals surface area contributed by atoms with Crippen molar-refractivity contribution < 1.29 is 19.4 Å². The minimum absolute atomic E-state index is 0.163. The van der Waals surface area contributed by atoms with Crippen LogP contribution in [0.2, 0.25) is 5.02 Å². The van der Waals surface area contributed by atoms with Crippen molar-refractivity contribution in [3.63, 3.8) is 0 Å². The number of aliphatic hydroxyl groups excluding tert-OH is 1. The lowest BCUT2D eigenvalue weighted by atomic mass is 9.98. The van der Waals surface area contributed by atoms with Crippen molar-refractivity contribution in [2.75, 3.05) is 19.8 Å². The van der Waals surface area contributed by atoms with Crippen LogP contribution in [0.1, 0.15) is 22.7 Å². The number of carbonyl (C=O) groups excluding carboxylic acids is 1. The van der Waals surface area contributed by atoms with Crippen LogP contribution in [-0.4, -0.2) is 49.9 Å². The summed E-state index contributed by atoms with van der Waals surface area (Å²) in [6.45, 7) is 1.54. The third-order valence-corrected chi connectivity index (χ3v) is 6.36. The van der Waals surface area contributed by atoms with Crippen LogP contribution in [0.25, 0.3) is 0 Å². The second kappa shape index (κ2) is 8.41. The molecule has 1 amide bonds. The molecule has 2 aliphatic heterocycles. The Morgan fingerprint density at radius 3 is 2.90 bits per heavy atom. The Kier molecular flexibility index (Phi) is 5.47. The van der Waals surface area contributed by atoms with Crippen LogP contribution in [0.5, 0.6) is 11.6 Å². The van der Waals surface area contributed by atoms with E-state index in [9.17, 15) is 9.90 Å². The van der Waals surface area contributed by atoms with E-state index in [2.05, 4.69) is 10.1 Å². The van der Waals surface area contributed by atoms with Crippen molar-refractivity contribution in [1.29, 1.82) is 0 Å². The molecule has 0 bridgehead atoms. The van der Waals surface area contributed by atoms with Crippen molar-refractivity contribution in [2.45, 2.75) is 23.9 Å². The first-order valence-electron chi connectivity index (χ1n) is 9.78. The van der Waals surface area contributed by atoms with Gasteiger partial charge in [0.25, 0.3) is 5.88 Å². The fraction of sp³-hybridized carbons (Fsp3) is 0.286. The minimum atomic E-state index is -0.692. The molecule has 0 spiro atoms. The summed E-state index contributed by atoms with van der Waals surface area (Å²) in [7, 11) is 0. The van der Waals surface area contributed by atoms with E-state index in [4.69, 9.17) is 21.1 Å². The van der Waals surface area contributed by atoms with Crippen molar-refractivity contribution >= 4 is 29.5 Å². The Labute approximate surface area is 187 Å². The van der Waals surface area contributed by atoms with Crippen LogP contribution in [0.4, 0.5) is 0 Å². The van der Waals surface area contributed by atoms with Crippen molar-refractivity contribution in [3.8, 4) is 11.6 Å². The second-order valence-corrected chi connectivity index (χ2v) is 8.65. The normalized spacial score (nSPS) is 15.6. The molecule has 31 heavy (non-hydrogen) atoms. The van der Waals surface area contributed by atoms with Gasteiger partial charge in [0.1, 0.15) is 13.2 Å². The van der Waals surface area contributed by atoms with Crippen molar-refractivity contribution in [1.82, 2.24) is 19.1 Å². The average Bonchev–Trinajstić information content (AvgIpc) is 3.34.